The first kappa shape index (κ1) is 12.5. The summed E-state index contributed by atoms with van der Waals surface area (Å²) in [5.74, 6) is 0.884. The summed E-state index contributed by atoms with van der Waals surface area (Å²) in [6, 6.07) is 28.7. The van der Waals surface area contributed by atoms with E-state index in [1.54, 1.807) is 6.26 Å². The van der Waals surface area contributed by atoms with Gasteiger partial charge in [0.1, 0.15) is 5.76 Å². The Labute approximate surface area is 137 Å². The fraction of sp³-hybridized carbons (Fsp3) is 0. The minimum atomic E-state index is 0.524. The van der Waals surface area contributed by atoms with Gasteiger partial charge in [0.2, 0.25) is 0 Å². The third-order valence-corrected chi connectivity index (χ3v) is 3.93. The monoisotopic (exact) mass is 297 g/mol. The Hall–Kier alpha value is -3.06. The van der Waals surface area contributed by atoms with Gasteiger partial charge in [-0.3, -0.25) is 0 Å². The molecule has 0 aliphatic carbocycles. The third-order valence-electron chi connectivity index (χ3n) is 3.93. The summed E-state index contributed by atoms with van der Waals surface area (Å²) in [5.41, 5.74) is 5.52. The molecule has 1 heteroatoms. The topological polar surface area (TPSA) is 13.1 Å². The first-order valence-corrected chi connectivity index (χ1v) is 7.62. The lowest BCUT2D eigenvalue weighted by Crippen LogP contribution is -1.82. The van der Waals surface area contributed by atoms with Crippen LogP contribution in [-0.4, -0.2) is 0 Å². The number of hydrogen-bond acceptors (Lipinski definition) is 1. The lowest BCUT2D eigenvalue weighted by molar-refractivity contribution is 0.583. The molecule has 3 aromatic carbocycles. The molecule has 0 N–H and O–H groups in total. The van der Waals surface area contributed by atoms with Gasteiger partial charge in [0.25, 0.3) is 0 Å². The lowest BCUT2D eigenvalue weighted by Gasteiger charge is -2.06. The second kappa shape index (κ2) is 5.98. The fourth-order valence-corrected chi connectivity index (χ4v) is 2.80. The van der Waals surface area contributed by atoms with Crippen molar-refractivity contribution in [3.8, 4) is 33.6 Å². The molecule has 1 heterocycles. The second-order valence-corrected chi connectivity index (χ2v) is 5.40. The molecule has 1 nitrogen and oxygen atoms in total. The van der Waals surface area contributed by atoms with Crippen LogP contribution in [0, 0.1) is 0 Å². The van der Waals surface area contributed by atoms with Crippen molar-refractivity contribution in [3.63, 3.8) is 0 Å². The van der Waals surface area contributed by atoms with E-state index in [4.69, 9.17) is 5.79 Å². The van der Waals surface area contributed by atoms with Crippen molar-refractivity contribution in [1.29, 1.82) is 0 Å². The third kappa shape index (κ3) is 2.69. The predicted molar refractivity (Wildman–Crippen MR) is 95.0 cm³/mol. The average molecular weight is 297 g/mol. The summed E-state index contributed by atoms with van der Waals surface area (Å²) in [5, 5.41) is 0. The van der Waals surface area contributed by atoms with Crippen LogP contribution < -0.4 is 0 Å². The molecule has 1 aromatic heterocycles. The highest BCUT2D eigenvalue weighted by molar-refractivity contribution is 5.82. The highest BCUT2D eigenvalue weighted by Crippen LogP contribution is 2.34. The van der Waals surface area contributed by atoms with Crippen LogP contribution in [0.2, 0.25) is 0 Å². The summed E-state index contributed by atoms with van der Waals surface area (Å²) in [4.78, 5) is 0. The zero-order chi connectivity index (χ0) is 16.4. The Morgan fingerprint density at radius 1 is 0.609 bits per heavy atom. The second-order valence-electron chi connectivity index (χ2n) is 5.40. The van der Waals surface area contributed by atoms with Crippen LogP contribution in [0.25, 0.3) is 33.6 Å². The minimum absolute atomic E-state index is 0.524. The van der Waals surface area contributed by atoms with Gasteiger partial charge in [-0.2, -0.15) is 0 Å². The van der Waals surface area contributed by atoms with Gasteiger partial charge in [0.15, 0.2) is 0 Å². The molecule has 0 saturated carbocycles. The largest absolute Gasteiger partial charge is 0.464 e. The Bertz CT molecular complexity index is 953. The van der Waals surface area contributed by atoms with E-state index < -0.39 is 0 Å². The zero-order valence-electron chi connectivity index (χ0n) is 13.6. The van der Waals surface area contributed by atoms with E-state index >= 15 is 0 Å². The summed E-state index contributed by atoms with van der Waals surface area (Å²) >= 11 is 0. The number of furan rings is 1. The summed E-state index contributed by atoms with van der Waals surface area (Å²) < 4.78 is 13.4. The number of benzene rings is 3. The van der Waals surface area contributed by atoms with Gasteiger partial charge in [0.05, 0.1) is 7.63 Å². The van der Waals surface area contributed by atoms with Gasteiger partial charge in [-0.25, -0.2) is 0 Å². The Balaban J connectivity index is 1.78. The Kier molecular flexibility index (Phi) is 3.24. The van der Waals surface area contributed by atoms with Gasteiger partial charge in [-0.1, -0.05) is 78.8 Å². The molecule has 23 heavy (non-hydrogen) atoms. The van der Waals surface area contributed by atoms with E-state index in [1.807, 2.05) is 48.5 Å². The normalized spacial score (nSPS) is 11.2. The maximum Gasteiger partial charge on any atom is 0.141 e. The van der Waals surface area contributed by atoms with Gasteiger partial charge < -0.3 is 4.42 Å². The van der Waals surface area contributed by atoms with Crippen molar-refractivity contribution < 1.29 is 5.79 Å². The van der Waals surface area contributed by atoms with Crippen molar-refractivity contribution in [3.05, 3.63) is 97.2 Å². The quantitative estimate of drug-likeness (QED) is 0.433. The van der Waals surface area contributed by atoms with Crippen LogP contribution in [0.4, 0.5) is 0 Å². The smallest absolute Gasteiger partial charge is 0.141 e. The molecular weight excluding hydrogens is 280 g/mol. The van der Waals surface area contributed by atoms with Crippen LogP contribution >= 0.6 is 0 Å². The van der Waals surface area contributed by atoms with E-state index in [-0.39, 0.29) is 0 Å². The molecule has 0 saturated heterocycles. The highest BCUT2D eigenvalue weighted by atomic mass is 16.3. The highest BCUT2D eigenvalue weighted by Gasteiger charge is 2.11. The van der Waals surface area contributed by atoms with E-state index in [0.717, 1.165) is 33.6 Å². The molecule has 0 atom stereocenters. The zero-order valence-corrected chi connectivity index (χ0v) is 12.6. The molecule has 0 fully saturated rings. The SMILES string of the molecule is [2H]c1ccc(-c2cccc(-c3ccoc3-c3ccccc3)c2)cc1. The summed E-state index contributed by atoms with van der Waals surface area (Å²) in [7, 11) is 0. The molecule has 4 aromatic rings. The van der Waals surface area contributed by atoms with Crippen molar-refractivity contribution in [1.82, 2.24) is 0 Å². The molecule has 0 spiro atoms. The van der Waals surface area contributed by atoms with Crippen molar-refractivity contribution in [2.24, 2.45) is 0 Å². The molecule has 0 radical (unpaired) electrons. The van der Waals surface area contributed by atoms with Crippen LogP contribution in [0.15, 0.2) is 102 Å². The summed E-state index contributed by atoms with van der Waals surface area (Å²) in [6.07, 6.45) is 1.74. The molecule has 0 amide bonds. The van der Waals surface area contributed by atoms with Crippen LogP contribution in [0.5, 0.6) is 0 Å². The molecular formula is C22H16O. The van der Waals surface area contributed by atoms with E-state index in [1.165, 1.54) is 0 Å². The maximum absolute atomic E-state index is 7.62. The molecule has 0 aliphatic rings. The molecule has 110 valence electrons. The van der Waals surface area contributed by atoms with Gasteiger partial charge in [0, 0.05) is 11.1 Å². The number of rotatable bonds is 3. The predicted octanol–water partition coefficient (Wildman–Crippen LogP) is 6.28. The van der Waals surface area contributed by atoms with E-state index in [9.17, 15) is 0 Å². The van der Waals surface area contributed by atoms with Gasteiger partial charge >= 0.3 is 0 Å². The Morgan fingerprint density at radius 2 is 1.30 bits per heavy atom. The van der Waals surface area contributed by atoms with Gasteiger partial charge in [-0.15, -0.1) is 0 Å². The van der Waals surface area contributed by atoms with Crippen LogP contribution in [-0.2, 0) is 0 Å². The minimum Gasteiger partial charge on any atom is -0.464 e. The molecule has 0 aliphatic heterocycles. The molecule has 0 unspecified atom stereocenters. The fourth-order valence-electron chi connectivity index (χ4n) is 2.80. The van der Waals surface area contributed by atoms with E-state index in [0.29, 0.717) is 6.04 Å². The van der Waals surface area contributed by atoms with Gasteiger partial charge in [-0.05, 0) is 28.8 Å². The Morgan fingerprint density at radius 3 is 2.13 bits per heavy atom. The van der Waals surface area contributed by atoms with Crippen molar-refractivity contribution in [2.45, 2.75) is 0 Å². The number of hydrogen-bond donors (Lipinski definition) is 0. The van der Waals surface area contributed by atoms with Crippen molar-refractivity contribution in [2.75, 3.05) is 0 Å². The van der Waals surface area contributed by atoms with Crippen LogP contribution in [0.3, 0.4) is 0 Å². The first-order valence-electron chi connectivity index (χ1n) is 8.12. The molecule has 0 bridgehead atoms. The van der Waals surface area contributed by atoms with Crippen LogP contribution in [0.1, 0.15) is 1.37 Å². The molecule has 4 rings (SSSR count). The standard InChI is InChI=1S/C22H16O/c1-3-8-17(9-4-1)19-12-7-13-20(16-19)21-14-15-23-22(21)18-10-5-2-6-11-18/h1-16H/i1D. The average Bonchev–Trinajstić information content (AvgIpc) is 3.13. The maximum atomic E-state index is 7.62. The van der Waals surface area contributed by atoms with Crippen molar-refractivity contribution >= 4 is 0 Å². The first-order chi connectivity index (χ1) is 11.8. The lowest BCUT2D eigenvalue weighted by atomic mass is 9.98. The van der Waals surface area contributed by atoms with E-state index in [2.05, 4.69) is 36.4 Å². The summed E-state index contributed by atoms with van der Waals surface area (Å²) in [6.45, 7) is 0.